The third-order valence-electron chi connectivity index (χ3n) is 3.64. The number of amides is 1. The highest BCUT2D eigenvalue weighted by Crippen LogP contribution is 2.49. The van der Waals surface area contributed by atoms with Gasteiger partial charge in [-0.2, -0.15) is 0 Å². The lowest BCUT2D eigenvalue weighted by molar-refractivity contribution is -0.118. The highest BCUT2D eigenvalue weighted by atomic mass is 35.5. The van der Waals surface area contributed by atoms with Gasteiger partial charge in [0.1, 0.15) is 5.82 Å². The second-order valence-corrected chi connectivity index (χ2v) is 5.49. The predicted molar refractivity (Wildman–Crippen MR) is 77.4 cm³/mol. The largest absolute Gasteiger partial charge is 0.325 e. The molecule has 1 saturated carbocycles. The molecule has 1 fully saturated rings. The van der Waals surface area contributed by atoms with Crippen molar-refractivity contribution in [2.45, 2.75) is 18.3 Å². The number of hydrogen-bond donors (Lipinski definition) is 1. The Labute approximate surface area is 121 Å². The van der Waals surface area contributed by atoms with E-state index in [0.717, 1.165) is 18.4 Å². The van der Waals surface area contributed by atoms with Gasteiger partial charge in [0.25, 0.3) is 0 Å². The van der Waals surface area contributed by atoms with E-state index in [1.54, 1.807) is 18.2 Å². The number of anilines is 1. The van der Waals surface area contributed by atoms with E-state index in [9.17, 15) is 9.18 Å². The molecule has 0 saturated heterocycles. The zero-order valence-corrected chi connectivity index (χ0v) is 11.5. The number of benzene rings is 2. The van der Waals surface area contributed by atoms with E-state index in [4.69, 9.17) is 11.6 Å². The van der Waals surface area contributed by atoms with Crippen LogP contribution < -0.4 is 5.32 Å². The number of halogens is 2. The lowest BCUT2D eigenvalue weighted by atomic mass is 9.95. The zero-order valence-electron chi connectivity index (χ0n) is 10.7. The van der Waals surface area contributed by atoms with E-state index in [1.165, 1.54) is 12.1 Å². The van der Waals surface area contributed by atoms with Crippen molar-refractivity contribution < 1.29 is 9.18 Å². The van der Waals surface area contributed by atoms with Crippen LogP contribution in [0, 0.1) is 5.82 Å². The van der Waals surface area contributed by atoms with E-state index in [1.807, 2.05) is 18.2 Å². The Morgan fingerprint density at radius 3 is 2.55 bits per heavy atom. The molecule has 2 aromatic carbocycles. The van der Waals surface area contributed by atoms with Crippen molar-refractivity contribution in [1.82, 2.24) is 0 Å². The molecule has 0 heterocycles. The fraction of sp³-hybridized carbons (Fsp3) is 0.188. The summed E-state index contributed by atoms with van der Waals surface area (Å²) >= 11 is 5.98. The van der Waals surface area contributed by atoms with Crippen LogP contribution in [-0.4, -0.2) is 5.91 Å². The fourth-order valence-corrected chi connectivity index (χ4v) is 2.57. The summed E-state index contributed by atoms with van der Waals surface area (Å²) in [5.41, 5.74) is 0.874. The maximum atomic E-state index is 13.1. The Balaban J connectivity index is 1.83. The van der Waals surface area contributed by atoms with Crippen LogP contribution in [0.5, 0.6) is 0 Å². The summed E-state index contributed by atoms with van der Waals surface area (Å²) in [5, 5.41) is 3.40. The molecule has 0 spiro atoms. The second-order valence-electron chi connectivity index (χ2n) is 5.06. The second kappa shape index (κ2) is 4.91. The Hall–Kier alpha value is -1.87. The molecule has 0 bridgehead atoms. The van der Waals surface area contributed by atoms with Crippen LogP contribution in [0.1, 0.15) is 18.4 Å². The van der Waals surface area contributed by atoms with Crippen LogP contribution in [0.3, 0.4) is 0 Å². The lowest BCUT2D eigenvalue weighted by Gasteiger charge is -2.16. The first-order valence-corrected chi connectivity index (χ1v) is 6.81. The van der Waals surface area contributed by atoms with Gasteiger partial charge in [0.2, 0.25) is 5.91 Å². The van der Waals surface area contributed by atoms with Gasteiger partial charge in [-0.15, -0.1) is 0 Å². The summed E-state index contributed by atoms with van der Waals surface area (Å²) in [6.45, 7) is 0. The zero-order chi connectivity index (χ0) is 14.2. The summed E-state index contributed by atoms with van der Waals surface area (Å²) in [6.07, 6.45) is 1.57. The Bertz CT molecular complexity index is 667. The molecular formula is C16H13ClFNO. The van der Waals surface area contributed by atoms with Crippen molar-refractivity contribution in [3.8, 4) is 0 Å². The van der Waals surface area contributed by atoms with Gasteiger partial charge < -0.3 is 5.32 Å². The van der Waals surface area contributed by atoms with Crippen LogP contribution in [0.4, 0.5) is 10.1 Å². The maximum absolute atomic E-state index is 13.1. The topological polar surface area (TPSA) is 29.1 Å². The van der Waals surface area contributed by atoms with Gasteiger partial charge in [-0.3, -0.25) is 4.79 Å². The van der Waals surface area contributed by atoms with Crippen LogP contribution >= 0.6 is 11.6 Å². The average Bonchev–Trinajstić information content (AvgIpc) is 3.20. The number of nitrogens with one attached hydrogen (secondary N) is 1. The number of carbonyl (C=O) groups is 1. The summed E-state index contributed by atoms with van der Waals surface area (Å²) in [7, 11) is 0. The van der Waals surface area contributed by atoms with Crippen LogP contribution in [-0.2, 0) is 10.2 Å². The molecule has 0 aliphatic heterocycles. The summed E-state index contributed by atoms with van der Waals surface area (Å²) in [6, 6.07) is 13.3. The molecule has 0 radical (unpaired) electrons. The smallest absolute Gasteiger partial charge is 0.235 e. The van der Waals surface area contributed by atoms with Gasteiger partial charge in [0.15, 0.2) is 0 Å². The first-order chi connectivity index (χ1) is 9.60. The molecule has 2 nitrogen and oxygen atoms in total. The van der Waals surface area contributed by atoms with E-state index in [2.05, 4.69) is 5.32 Å². The molecule has 0 aromatic heterocycles. The van der Waals surface area contributed by atoms with Gasteiger partial charge in [-0.1, -0.05) is 29.8 Å². The minimum Gasteiger partial charge on any atom is -0.325 e. The van der Waals surface area contributed by atoms with Crippen molar-refractivity contribution in [1.29, 1.82) is 0 Å². The first kappa shape index (κ1) is 13.1. The number of rotatable bonds is 3. The van der Waals surface area contributed by atoms with Gasteiger partial charge in [0.05, 0.1) is 5.41 Å². The minimum atomic E-state index is -0.517. The molecule has 2 aromatic rings. The number of carbonyl (C=O) groups excluding carboxylic acids is 1. The average molecular weight is 290 g/mol. The molecule has 1 aliphatic rings. The molecule has 4 heteroatoms. The molecule has 0 unspecified atom stereocenters. The van der Waals surface area contributed by atoms with Crippen molar-refractivity contribution in [2.75, 3.05) is 5.32 Å². The standard InChI is InChI=1S/C16H13ClFNO/c17-12-4-1-3-11(9-12)16(7-8-16)15(20)19-14-6-2-5-13(18)10-14/h1-6,9-10H,7-8H2,(H,19,20). The van der Waals surface area contributed by atoms with Crippen molar-refractivity contribution in [3.05, 3.63) is 64.9 Å². The van der Waals surface area contributed by atoms with E-state index >= 15 is 0 Å². The van der Waals surface area contributed by atoms with Gasteiger partial charge in [-0.25, -0.2) is 4.39 Å². The summed E-state index contributed by atoms with van der Waals surface area (Å²) in [5.74, 6) is -0.472. The van der Waals surface area contributed by atoms with Crippen LogP contribution in [0.2, 0.25) is 5.02 Å². The molecule has 1 N–H and O–H groups in total. The Morgan fingerprint density at radius 2 is 1.90 bits per heavy atom. The minimum absolute atomic E-state index is 0.106. The van der Waals surface area contributed by atoms with Crippen molar-refractivity contribution in [2.24, 2.45) is 0 Å². The van der Waals surface area contributed by atoms with E-state index < -0.39 is 5.41 Å². The highest BCUT2D eigenvalue weighted by molar-refractivity contribution is 6.30. The van der Waals surface area contributed by atoms with Gasteiger partial charge in [-0.05, 0) is 48.7 Å². The van der Waals surface area contributed by atoms with Gasteiger partial charge in [0, 0.05) is 10.7 Å². The third kappa shape index (κ3) is 2.41. The molecule has 0 atom stereocenters. The quantitative estimate of drug-likeness (QED) is 0.903. The molecule has 1 aliphatic carbocycles. The Morgan fingerprint density at radius 1 is 1.15 bits per heavy atom. The summed E-state index contributed by atoms with van der Waals surface area (Å²) < 4.78 is 13.1. The normalized spacial score (nSPS) is 15.7. The SMILES string of the molecule is O=C(Nc1cccc(F)c1)C1(c2cccc(Cl)c2)CC1. The molecule has 102 valence electrons. The molecule has 3 rings (SSSR count). The maximum Gasteiger partial charge on any atom is 0.235 e. The molecule has 20 heavy (non-hydrogen) atoms. The monoisotopic (exact) mass is 289 g/mol. The fourth-order valence-electron chi connectivity index (χ4n) is 2.37. The first-order valence-electron chi connectivity index (χ1n) is 6.43. The third-order valence-corrected chi connectivity index (χ3v) is 3.88. The predicted octanol–water partition coefficient (Wildman–Crippen LogP) is 4.15. The lowest BCUT2D eigenvalue weighted by Crippen LogP contribution is -2.27. The van der Waals surface area contributed by atoms with E-state index in [-0.39, 0.29) is 11.7 Å². The molecular weight excluding hydrogens is 277 g/mol. The van der Waals surface area contributed by atoms with Crippen molar-refractivity contribution >= 4 is 23.2 Å². The molecule has 1 amide bonds. The van der Waals surface area contributed by atoms with Crippen LogP contribution in [0.25, 0.3) is 0 Å². The van der Waals surface area contributed by atoms with E-state index in [0.29, 0.717) is 10.7 Å². The van der Waals surface area contributed by atoms with Crippen LogP contribution in [0.15, 0.2) is 48.5 Å². The Kier molecular flexibility index (Phi) is 3.22. The van der Waals surface area contributed by atoms with Gasteiger partial charge >= 0.3 is 0 Å². The summed E-state index contributed by atoms with van der Waals surface area (Å²) in [4.78, 5) is 12.4. The van der Waals surface area contributed by atoms with Crippen molar-refractivity contribution in [3.63, 3.8) is 0 Å². The highest BCUT2D eigenvalue weighted by Gasteiger charge is 2.51. The number of hydrogen-bond acceptors (Lipinski definition) is 1.